The van der Waals surface area contributed by atoms with Crippen molar-refractivity contribution in [1.29, 1.82) is 0 Å². The molecular formula is C22H24N2O5. The van der Waals surface area contributed by atoms with E-state index >= 15 is 0 Å². The molecule has 2 amide bonds. The quantitative estimate of drug-likeness (QED) is 0.714. The molecule has 2 N–H and O–H groups in total. The Labute approximate surface area is 169 Å². The van der Waals surface area contributed by atoms with E-state index in [0.29, 0.717) is 17.9 Å². The third-order valence-electron chi connectivity index (χ3n) is 4.86. The van der Waals surface area contributed by atoms with Gasteiger partial charge in [-0.15, -0.1) is 0 Å². The van der Waals surface area contributed by atoms with Gasteiger partial charge in [0.15, 0.2) is 6.10 Å². The lowest BCUT2D eigenvalue weighted by atomic mass is 9.99. The summed E-state index contributed by atoms with van der Waals surface area (Å²) >= 11 is 0. The van der Waals surface area contributed by atoms with E-state index in [-0.39, 0.29) is 31.3 Å². The van der Waals surface area contributed by atoms with Gasteiger partial charge in [0.2, 0.25) is 5.91 Å². The number of hydrogen-bond donors (Lipinski definition) is 2. The van der Waals surface area contributed by atoms with Gasteiger partial charge in [-0.25, -0.2) is 0 Å². The van der Waals surface area contributed by atoms with Gasteiger partial charge in [0.1, 0.15) is 5.75 Å². The molecule has 1 aliphatic heterocycles. The summed E-state index contributed by atoms with van der Waals surface area (Å²) in [5, 5.41) is 12.1. The molecule has 1 aliphatic rings. The topological polar surface area (TPSA) is 95.9 Å². The minimum atomic E-state index is -0.958. The second kappa shape index (κ2) is 9.23. The van der Waals surface area contributed by atoms with Crippen LogP contribution in [0.2, 0.25) is 0 Å². The highest BCUT2D eigenvalue weighted by Crippen LogP contribution is 2.33. The van der Waals surface area contributed by atoms with E-state index < -0.39 is 18.0 Å². The number of hydrogen-bond acceptors (Lipinski definition) is 4. The molecule has 2 aromatic rings. The van der Waals surface area contributed by atoms with Crippen molar-refractivity contribution in [3.8, 4) is 5.75 Å². The average molecular weight is 396 g/mol. The molecule has 0 saturated carbocycles. The van der Waals surface area contributed by atoms with Gasteiger partial charge >= 0.3 is 5.97 Å². The van der Waals surface area contributed by atoms with Crippen molar-refractivity contribution in [1.82, 2.24) is 5.32 Å². The number of carboxylic acid groups (broad SMARTS) is 1. The van der Waals surface area contributed by atoms with Gasteiger partial charge in [0, 0.05) is 19.5 Å². The molecule has 0 aliphatic carbocycles. The van der Waals surface area contributed by atoms with E-state index in [1.807, 2.05) is 36.4 Å². The Kier molecular flexibility index (Phi) is 6.49. The van der Waals surface area contributed by atoms with E-state index in [2.05, 4.69) is 5.32 Å². The number of para-hydroxylation sites is 2. The number of aliphatic carboxylic acids is 1. The number of anilines is 1. The van der Waals surface area contributed by atoms with Gasteiger partial charge in [-0.1, -0.05) is 42.5 Å². The summed E-state index contributed by atoms with van der Waals surface area (Å²) in [5.41, 5.74) is 1.54. The van der Waals surface area contributed by atoms with Crippen LogP contribution in [0.15, 0.2) is 54.6 Å². The van der Waals surface area contributed by atoms with Gasteiger partial charge in [0.25, 0.3) is 5.91 Å². The summed E-state index contributed by atoms with van der Waals surface area (Å²) in [6, 6.07) is 16.5. The van der Waals surface area contributed by atoms with Crippen LogP contribution < -0.4 is 15.0 Å². The Morgan fingerprint density at radius 3 is 2.55 bits per heavy atom. The number of amides is 2. The molecule has 0 radical (unpaired) electrons. The molecule has 2 aromatic carbocycles. The van der Waals surface area contributed by atoms with Crippen LogP contribution in [0.4, 0.5) is 5.69 Å². The van der Waals surface area contributed by atoms with Crippen LogP contribution in [-0.4, -0.2) is 42.1 Å². The first-order valence-electron chi connectivity index (χ1n) is 9.56. The van der Waals surface area contributed by atoms with Gasteiger partial charge in [-0.3, -0.25) is 14.4 Å². The largest absolute Gasteiger partial charge is 0.481 e. The molecule has 2 atom stereocenters. The molecule has 152 valence electrons. The fraction of sp³-hybridized carbons (Fsp3) is 0.318. The lowest BCUT2D eigenvalue weighted by Gasteiger charge is -2.32. The van der Waals surface area contributed by atoms with Gasteiger partial charge < -0.3 is 20.1 Å². The summed E-state index contributed by atoms with van der Waals surface area (Å²) in [5.74, 6) is -1.57. The number of ether oxygens (including phenoxy) is 1. The molecule has 0 bridgehead atoms. The van der Waals surface area contributed by atoms with E-state index in [1.165, 1.54) is 0 Å². The molecule has 0 saturated heterocycles. The van der Waals surface area contributed by atoms with Crippen LogP contribution in [-0.2, 0) is 20.8 Å². The average Bonchev–Trinajstić information content (AvgIpc) is 2.72. The molecule has 3 rings (SSSR count). The van der Waals surface area contributed by atoms with Crippen molar-refractivity contribution in [3.05, 3.63) is 60.2 Å². The normalized spacial score (nSPS) is 16.5. The number of carbonyl (C=O) groups is 3. The van der Waals surface area contributed by atoms with Crippen LogP contribution >= 0.6 is 0 Å². The number of carboxylic acids is 1. The standard InChI is InChI=1S/C22H24N2O5/c1-15-21(26)24(18-9-5-6-10-19(18)29-15)12-11-20(25)23-14-17(22(27)28)13-16-7-3-2-4-8-16/h2-10,15,17H,11-14H2,1H3,(H,23,25)(H,27,28)/t15-,17+/m0/s1. The second-order valence-electron chi connectivity index (χ2n) is 7.00. The van der Waals surface area contributed by atoms with Crippen molar-refractivity contribution in [2.45, 2.75) is 25.9 Å². The molecule has 7 heteroatoms. The van der Waals surface area contributed by atoms with Gasteiger partial charge in [-0.2, -0.15) is 0 Å². The van der Waals surface area contributed by atoms with E-state index in [4.69, 9.17) is 4.74 Å². The number of benzene rings is 2. The predicted octanol–water partition coefficient (Wildman–Crippen LogP) is 2.25. The molecule has 7 nitrogen and oxygen atoms in total. The van der Waals surface area contributed by atoms with Crippen molar-refractivity contribution >= 4 is 23.5 Å². The Hall–Kier alpha value is -3.35. The molecule has 29 heavy (non-hydrogen) atoms. The van der Waals surface area contributed by atoms with Crippen LogP contribution in [0.5, 0.6) is 5.75 Å². The van der Waals surface area contributed by atoms with E-state index in [9.17, 15) is 19.5 Å². The zero-order valence-corrected chi connectivity index (χ0v) is 16.2. The fourth-order valence-electron chi connectivity index (χ4n) is 3.27. The monoisotopic (exact) mass is 396 g/mol. The van der Waals surface area contributed by atoms with Gasteiger partial charge in [-0.05, 0) is 31.0 Å². The first-order chi connectivity index (χ1) is 14.0. The molecule has 0 aromatic heterocycles. The van der Waals surface area contributed by atoms with Crippen LogP contribution in [0.1, 0.15) is 18.9 Å². The number of fused-ring (bicyclic) bond motifs is 1. The highest BCUT2D eigenvalue weighted by molar-refractivity contribution is 6.00. The zero-order valence-electron chi connectivity index (χ0n) is 16.2. The molecule has 0 unspecified atom stereocenters. The minimum absolute atomic E-state index is 0.0348. The summed E-state index contributed by atoms with van der Waals surface area (Å²) in [7, 11) is 0. The maximum atomic E-state index is 12.5. The smallest absolute Gasteiger partial charge is 0.308 e. The second-order valence-corrected chi connectivity index (χ2v) is 7.00. The molecule has 1 heterocycles. The van der Waals surface area contributed by atoms with Crippen LogP contribution in [0.3, 0.4) is 0 Å². The summed E-state index contributed by atoms with van der Waals surface area (Å²) < 4.78 is 5.59. The Morgan fingerprint density at radius 2 is 1.83 bits per heavy atom. The van der Waals surface area contributed by atoms with Crippen molar-refractivity contribution in [2.75, 3.05) is 18.0 Å². The van der Waals surface area contributed by atoms with Crippen molar-refractivity contribution in [3.63, 3.8) is 0 Å². The van der Waals surface area contributed by atoms with Crippen molar-refractivity contribution < 1.29 is 24.2 Å². The number of nitrogens with one attached hydrogen (secondary N) is 1. The summed E-state index contributed by atoms with van der Waals surface area (Å²) in [6.07, 6.45) is -0.205. The minimum Gasteiger partial charge on any atom is -0.481 e. The highest BCUT2D eigenvalue weighted by atomic mass is 16.5. The number of nitrogens with zero attached hydrogens (tertiary/aromatic N) is 1. The Balaban J connectivity index is 1.55. The predicted molar refractivity (Wildman–Crippen MR) is 108 cm³/mol. The molecule has 0 spiro atoms. The molecule has 0 fully saturated rings. The fourth-order valence-corrected chi connectivity index (χ4v) is 3.27. The third-order valence-corrected chi connectivity index (χ3v) is 4.86. The SMILES string of the molecule is C[C@@H]1Oc2ccccc2N(CCC(=O)NC[C@@H](Cc2ccccc2)C(=O)O)C1=O. The summed E-state index contributed by atoms with van der Waals surface area (Å²) in [4.78, 5) is 37.8. The number of carbonyl (C=O) groups excluding carboxylic acids is 2. The molecular weight excluding hydrogens is 372 g/mol. The first kappa shape index (κ1) is 20.4. The maximum Gasteiger partial charge on any atom is 0.308 e. The lowest BCUT2D eigenvalue weighted by Crippen LogP contribution is -2.46. The number of rotatable bonds is 8. The van der Waals surface area contributed by atoms with Crippen molar-refractivity contribution in [2.24, 2.45) is 5.92 Å². The third kappa shape index (κ3) is 5.13. The van der Waals surface area contributed by atoms with E-state index in [1.54, 1.807) is 30.0 Å². The van der Waals surface area contributed by atoms with Crippen LogP contribution in [0.25, 0.3) is 0 Å². The summed E-state index contributed by atoms with van der Waals surface area (Å²) in [6.45, 7) is 1.91. The Morgan fingerprint density at radius 1 is 1.14 bits per heavy atom. The van der Waals surface area contributed by atoms with Gasteiger partial charge in [0.05, 0.1) is 11.6 Å². The van der Waals surface area contributed by atoms with E-state index in [0.717, 1.165) is 5.56 Å². The lowest BCUT2D eigenvalue weighted by molar-refractivity contribution is -0.141. The maximum absolute atomic E-state index is 12.5. The first-order valence-corrected chi connectivity index (χ1v) is 9.56. The Bertz CT molecular complexity index is 884. The highest BCUT2D eigenvalue weighted by Gasteiger charge is 2.31. The van der Waals surface area contributed by atoms with Crippen LogP contribution in [0, 0.1) is 5.92 Å². The zero-order chi connectivity index (χ0) is 20.8.